The molecule has 0 saturated carbocycles. The van der Waals surface area contributed by atoms with Gasteiger partial charge in [0.05, 0.1) is 0 Å². The summed E-state index contributed by atoms with van der Waals surface area (Å²) in [4.78, 5) is 12.8. The zero-order valence-electron chi connectivity index (χ0n) is 8.47. The van der Waals surface area contributed by atoms with E-state index in [0.29, 0.717) is 11.3 Å². The first-order valence-corrected chi connectivity index (χ1v) is 4.20. The topological polar surface area (TPSA) is 46.3 Å². The number of hydrogen-bond donors (Lipinski definition) is 1. The third-order valence-corrected chi connectivity index (χ3v) is 2.04. The van der Waals surface area contributed by atoms with E-state index < -0.39 is 5.82 Å². The highest BCUT2D eigenvalue weighted by Crippen LogP contribution is 2.18. The van der Waals surface area contributed by atoms with Crippen LogP contribution in [0.4, 0.5) is 10.1 Å². The maximum atomic E-state index is 13.2. The van der Waals surface area contributed by atoms with Crippen LogP contribution in [0.1, 0.15) is 15.9 Å². The van der Waals surface area contributed by atoms with E-state index in [9.17, 15) is 9.18 Å². The summed E-state index contributed by atoms with van der Waals surface area (Å²) < 4.78 is 13.2. The van der Waals surface area contributed by atoms with Crippen LogP contribution in [0.3, 0.4) is 0 Å². The lowest BCUT2D eigenvalue weighted by molar-refractivity contribution is 0.0827. The molecule has 0 aliphatic carbocycles. The van der Waals surface area contributed by atoms with E-state index in [1.165, 1.54) is 17.0 Å². The van der Waals surface area contributed by atoms with Gasteiger partial charge in [-0.15, -0.1) is 0 Å². The fraction of sp³-hybridized carbons (Fsp3) is 0.300. The van der Waals surface area contributed by atoms with Crippen LogP contribution in [0.5, 0.6) is 0 Å². The molecule has 0 spiro atoms. The molecule has 0 heterocycles. The average molecular weight is 196 g/mol. The van der Waals surface area contributed by atoms with Gasteiger partial charge in [0.25, 0.3) is 5.91 Å². The van der Waals surface area contributed by atoms with Crippen LogP contribution >= 0.6 is 0 Å². The molecule has 2 N–H and O–H groups in total. The number of nitrogens with zero attached hydrogens (tertiary/aromatic N) is 1. The minimum atomic E-state index is -0.449. The Bertz CT molecular complexity index is 351. The van der Waals surface area contributed by atoms with Crippen molar-refractivity contribution in [2.75, 3.05) is 19.8 Å². The van der Waals surface area contributed by atoms with E-state index in [1.54, 1.807) is 21.0 Å². The first-order chi connectivity index (χ1) is 6.43. The fourth-order valence-corrected chi connectivity index (χ4v) is 1.08. The molecular weight excluding hydrogens is 183 g/mol. The van der Waals surface area contributed by atoms with Gasteiger partial charge in [0.1, 0.15) is 5.82 Å². The first-order valence-electron chi connectivity index (χ1n) is 4.20. The second-order valence-electron chi connectivity index (χ2n) is 3.37. The predicted molar refractivity (Wildman–Crippen MR) is 53.6 cm³/mol. The molecule has 4 heteroatoms. The molecule has 0 radical (unpaired) electrons. The Kier molecular flexibility index (Phi) is 2.74. The Morgan fingerprint density at radius 1 is 1.43 bits per heavy atom. The number of amides is 1. The summed E-state index contributed by atoms with van der Waals surface area (Å²) in [5, 5.41) is 0. The van der Waals surface area contributed by atoms with Crippen LogP contribution in [-0.4, -0.2) is 24.9 Å². The van der Waals surface area contributed by atoms with E-state index in [4.69, 9.17) is 5.73 Å². The molecule has 0 unspecified atom stereocenters. The maximum Gasteiger partial charge on any atom is 0.253 e. The SMILES string of the molecule is Cc1c(N)cc(C(=O)N(C)C)cc1F. The van der Waals surface area contributed by atoms with E-state index in [1.807, 2.05) is 0 Å². The molecule has 0 fully saturated rings. The number of nitrogens with two attached hydrogens (primary N) is 1. The van der Waals surface area contributed by atoms with Crippen LogP contribution < -0.4 is 5.73 Å². The lowest BCUT2D eigenvalue weighted by Gasteiger charge is -2.11. The van der Waals surface area contributed by atoms with Crippen LogP contribution in [0.2, 0.25) is 0 Å². The van der Waals surface area contributed by atoms with Gasteiger partial charge in [-0.3, -0.25) is 4.79 Å². The van der Waals surface area contributed by atoms with Crippen molar-refractivity contribution in [3.05, 3.63) is 29.1 Å². The standard InChI is InChI=1S/C10H13FN2O/c1-6-8(11)4-7(5-9(6)12)10(14)13(2)3/h4-5H,12H2,1-3H3. The van der Waals surface area contributed by atoms with E-state index in [2.05, 4.69) is 0 Å². The van der Waals surface area contributed by atoms with Gasteiger partial charge in [0.15, 0.2) is 0 Å². The third kappa shape index (κ3) is 1.84. The molecule has 76 valence electrons. The summed E-state index contributed by atoms with van der Waals surface area (Å²) in [6.45, 7) is 1.58. The minimum Gasteiger partial charge on any atom is -0.398 e. The molecule has 0 aliphatic rings. The van der Waals surface area contributed by atoms with Crippen molar-refractivity contribution in [2.45, 2.75) is 6.92 Å². The molecular formula is C10H13FN2O. The summed E-state index contributed by atoms with van der Waals surface area (Å²) in [5.41, 5.74) is 6.50. The number of anilines is 1. The van der Waals surface area contributed by atoms with Gasteiger partial charge < -0.3 is 10.6 Å². The van der Waals surface area contributed by atoms with Crippen molar-refractivity contribution in [3.8, 4) is 0 Å². The summed E-state index contributed by atoms with van der Waals surface area (Å²) in [7, 11) is 3.21. The second-order valence-corrected chi connectivity index (χ2v) is 3.37. The number of benzene rings is 1. The smallest absolute Gasteiger partial charge is 0.253 e. The highest BCUT2D eigenvalue weighted by atomic mass is 19.1. The Labute approximate surface area is 82.3 Å². The summed E-state index contributed by atoms with van der Waals surface area (Å²) in [6.07, 6.45) is 0. The van der Waals surface area contributed by atoms with Crippen LogP contribution in [-0.2, 0) is 0 Å². The lowest BCUT2D eigenvalue weighted by atomic mass is 10.1. The van der Waals surface area contributed by atoms with Gasteiger partial charge in [-0.05, 0) is 19.1 Å². The van der Waals surface area contributed by atoms with Gasteiger partial charge in [-0.25, -0.2) is 4.39 Å². The molecule has 1 rings (SSSR count). The molecule has 0 aromatic heterocycles. The molecule has 3 nitrogen and oxygen atoms in total. The molecule has 14 heavy (non-hydrogen) atoms. The van der Waals surface area contributed by atoms with Crippen molar-refractivity contribution < 1.29 is 9.18 Å². The number of rotatable bonds is 1. The van der Waals surface area contributed by atoms with Crippen LogP contribution in [0, 0.1) is 12.7 Å². The number of carbonyl (C=O) groups excluding carboxylic acids is 1. The normalized spacial score (nSPS) is 10.0. The van der Waals surface area contributed by atoms with Crippen LogP contribution in [0.15, 0.2) is 12.1 Å². The number of nitrogen functional groups attached to an aromatic ring is 1. The molecule has 1 aromatic carbocycles. The largest absolute Gasteiger partial charge is 0.398 e. The van der Waals surface area contributed by atoms with Crippen molar-refractivity contribution in [2.24, 2.45) is 0 Å². The number of halogens is 1. The van der Waals surface area contributed by atoms with Gasteiger partial charge in [-0.1, -0.05) is 0 Å². The summed E-state index contributed by atoms with van der Waals surface area (Å²) in [5.74, 6) is -0.703. The quantitative estimate of drug-likeness (QED) is 0.690. The highest BCUT2D eigenvalue weighted by molar-refractivity contribution is 5.94. The Morgan fingerprint density at radius 2 is 2.00 bits per heavy atom. The lowest BCUT2D eigenvalue weighted by Crippen LogP contribution is -2.22. The summed E-state index contributed by atoms with van der Waals surface area (Å²) >= 11 is 0. The van der Waals surface area contributed by atoms with Crippen LogP contribution in [0.25, 0.3) is 0 Å². The predicted octanol–water partition coefficient (Wildman–Crippen LogP) is 1.42. The van der Waals surface area contributed by atoms with Gasteiger partial charge in [0, 0.05) is 30.9 Å². The Balaban J connectivity index is 3.19. The van der Waals surface area contributed by atoms with Gasteiger partial charge in [-0.2, -0.15) is 0 Å². The van der Waals surface area contributed by atoms with E-state index >= 15 is 0 Å². The average Bonchev–Trinajstić information content (AvgIpc) is 2.12. The number of hydrogen-bond acceptors (Lipinski definition) is 2. The van der Waals surface area contributed by atoms with Crippen molar-refractivity contribution >= 4 is 11.6 Å². The van der Waals surface area contributed by atoms with E-state index in [0.717, 1.165) is 0 Å². The monoisotopic (exact) mass is 196 g/mol. The highest BCUT2D eigenvalue weighted by Gasteiger charge is 2.12. The molecule has 1 aromatic rings. The number of carbonyl (C=O) groups is 1. The summed E-state index contributed by atoms with van der Waals surface area (Å²) in [6, 6.07) is 2.69. The Hall–Kier alpha value is -1.58. The minimum absolute atomic E-state index is 0.254. The van der Waals surface area contributed by atoms with Crippen molar-refractivity contribution in [1.82, 2.24) is 4.90 Å². The maximum absolute atomic E-state index is 13.2. The molecule has 0 bridgehead atoms. The second kappa shape index (κ2) is 3.65. The fourth-order valence-electron chi connectivity index (χ4n) is 1.08. The van der Waals surface area contributed by atoms with Gasteiger partial charge >= 0.3 is 0 Å². The Morgan fingerprint density at radius 3 is 2.43 bits per heavy atom. The molecule has 0 atom stereocenters. The first kappa shape index (κ1) is 10.5. The molecule has 0 aliphatic heterocycles. The van der Waals surface area contributed by atoms with Crippen molar-refractivity contribution in [1.29, 1.82) is 0 Å². The van der Waals surface area contributed by atoms with Gasteiger partial charge in [0.2, 0.25) is 0 Å². The zero-order chi connectivity index (χ0) is 10.9. The third-order valence-electron chi connectivity index (χ3n) is 2.04. The zero-order valence-corrected chi connectivity index (χ0v) is 8.47. The molecule has 1 amide bonds. The van der Waals surface area contributed by atoms with E-state index in [-0.39, 0.29) is 11.5 Å². The molecule has 0 saturated heterocycles. The van der Waals surface area contributed by atoms with Crippen molar-refractivity contribution in [3.63, 3.8) is 0 Å².